The molecule has 35 heavy (non-hydrogen) atoms. The van der Waals surface area contributed by atoms with E-state index < -0.39 is 20.1 Å². The van der Waals surface area contributed by atoms with E-state index in [1.807, 2.05) is 12.1 Å². The second-order valence-electron chi connectivity index (χ2n) is 10.5. The molecule has 0 aliphatic carbocycles. The molecule has 3 atom stereocenters. The molecule has 6 heteroatoms. The summed E-state index contributed by atoms with van der Waals surface area (Å²) in [7, 11) is -2.67. The van der Waals surface area contributed by atoms with Gasteiger partial charge in [-0.1, -0.05) is 100 Å². The highest BCUT2D eigenvalue weighted by molar-refractivity contribution is 6.99. The average Bonchev–Trinajstić information content (AvgIpc) is 3.20. The Morgan fingerprint density at radius 1 is 0.829 bits per heavy atom. The lowest BCUT2D eigenvalue weighted by molar-refractivity contribution is -0.137. The third kappa shape index (κ3) is 5.25. The molecule has 0 aromatic heterocycles. The number of hydrogen-bond acceptors (Lipinski definition) is 2. The van der Waals surface area contributed by atoms with E-state index in [2.05, 4.69) is 76.2 Å². The minimum Gasteiger partial charge on any atom is -0.405 e. The first-order valence-corrected chi connectivity index (χ1v) is 14.0. The van der Waals surface area contributed by atoms with Crippen LogP contribution in [0.15, 0.2) is 84.9 Å². The first-order chi connectivity index (χ1) is 16.5. The minimum atomic E-state index is -4.34. The largest absolute Gasteiger partial charge is 0.416 e. The van der Waals surface area contributed by atoms with E-state index >= 15 is 0 Å². The zero-order chi connectivity index (χ0) is 25.3. The highest BCUT2D eigenvalue weighted by Crippen LogP contribution is 2.41. The van der Waals surface area contributed by atoms with Crippen LogP contribution in [0, 0.1) is 5.92 Å². The van der Waals surface area contributed by atoms with Gasteiger partial charge in [0.05, 0.1) is 24.4 Å². The van der Waals surface area contributed by atoms with Crippen molar-refractivity contribution in [3.63, 3.8) is 0 Å². The molecule has 0 saturated carbocycles. The van der Waals surface area contributed by atoms with Crippen LogP contribution in [0.3, 0.4) is 0 Å². The maximum atomic E-state index is 13.0. The SMILES string of the molecule is C[C@H]1C[C@@H](CO[Si](c2ccccc2)(c2ccccc2)C(C)(C)C)O[C@H]1c1ccc(C(F)(F)F)cc1. The molecular formula is C29H33F3O2Si. The van der Waals surface area contributed by atoms with Crippen LogP contribution in [-0.4, -0.2) is 21.0 Å². The van der Waals surface area contributed by atoms with Crippen LogP contribution >= 0.6 is 0 Å². The zero-order valence-electron chi connectivity index (χ0n) is 20.7. The maximum absolute atomic E-state index is 13.0. The van der Waals surface area contributed by atoms with E-state index in [9.17, 15) is 13.2 Å². The molecule has 186 valence electrons. The molecule has 0 bridgehead atoms. The Balaban J connectivity index is 1.58. The van der Waals surface area contributed by atoms with Crippen molar-refractivity contribution in [2.45, 2.75) is 57.5 Å². The number of rotatable bonds is 6. The third-order valence-electron chi connectivity index (χ3n) is 6.96. The predicted octanol–water partition coefficient (Wildman–Crippen LogP) is 6.75. The lowest BCUT2D eigenvalue weighted by Gasteiger charge is -2.43. The monoisotopic (exact) mass is 498 g/mol. The van der Waals surface area contributed by atoms with E-state index in [-0.39, 0.29) is 23.2 Å². The average molecular weight is 499 g/mol. The molecule has 3 aromatic carbocycles. The quantitative estimate of drug-likeness (QED) is 0.350. The molecule has 1 saturated heterocycles. The Morgan fingerprint density at radius 3 is 1.80 bits per heavy atom. The summed E-state index contributed by atoms with van der Waals surface area (Å²) in [6, 6.07) is 26.3. The van der Waals surface area contributed by atoms with Crippen LogP contribution in [0.2, 0.25) is 5.04 Å². The Hall–Kier alpha value is -2.41. The van der Waals surface area contributed by atoms with Gasteiger partial charge in [-0.05, 0) is 45.4 Å². The lowest BCUT2D eigenvalue weighted by atomic mass is 9.95. The van der Waals surface area contributed by atoms with Crippen LogP contribution in [0.4, 0.5) is 13.2 Å². The molecule has 4 rings (SSSR count). The number of hydrogen-bond donors (Lipinski definition) is 0. The summed E-state index contributed by atoms with van der Waals surface area (Å²) >= 11 is 0. The number of benzene rings is 3. The summed E-state index contributed by atoms with van der Waals surface area (Å²) in [6.07, 6.45) is -3.92. The molecule has 1 fully saturated rings. The van der Waals surface area contributed by atoms with Gasteiger partial charge in [0.2, 0.25) is 0 Å². The molecule has 0 amide bonds. The number of ether oxygens (including phenoxy) is 1. The molecule has 2 nitrogen and oxygen atoms in total. The van der Waals surface area contributed by atoms with Crippen molar-refractivity contribution in [3.8, 4) is 0 Å². The fourth-order valence-corrected chi connectivity index (χ4v) is 9.88. The molecule has 0 radical (unpaired) electrons. The predicted molar refractivity (Wildman–Crippen MR) is 136 cm³/mol. The fourth-order valence-electron chi connectivity index (χ4n) is 5.29. The van der Waals surface area contributed by atoms with Gasteiger partial charge in [0.15, 0.2) is 0 Å². The molecule has 1 aliphatic rings. The first kappa shape index (κ1) is 25.7. The van der Waals surface area contributed by atoms with Gasteiger partial charge in [0.25, 0.3) is 8.32 Å². The van der Waals surface area contributed by atoms with Crippen LogP contribution in [0.25, 0.3) is 0 Å². The standard InChI is InChI=1S/C29H33F3O2Si/c1-21-19-24(34-27(21)22-15-17-23(18-16-22)29(30,31)32)20-33-35(28(2,3)4,25-11-7-5-8-12-25)26-13-9-6-10-14-26/h5-18,21,24,27H,19-20H2,1-4H3/t21-,24-,27+/m0/s1. The smallest absolute Gasteiger partial charge is 0.405 e. The molecule has 0 N–H and O–H groups in total. The molecule has 0 spiro atoms. The lowest BCUT2D eigenvalue weighted by Crippen LogP contribution is -2.67. The summed E-state index contributed by atoms with van der Waals surface area (Å²) < 4.78 is 52.3. The van der Waals surface area contributed by atoms with Gasteiger partial charge in [-0.2, -0.15) is 13.2 Å². The van der Waals surface area contributed by atoms with Gasteiger partial charge < -0.3 is 9.16 Å². The summed E-state index contributed by atoms with van der Waals surface area (Å²) in [6.45, 7) is 9.24. The van der Waals surface area contributed by atoms with Crippen LogP contribution < -0.4 is 10.4 Å². The van der Waals surface area contributed by atoms with Gasteiger partial charge in [-0.15, -0.1) is 0 Å². The number of halogens is 3. The Bertz CT molecular complexity index is 1050. The van der Waals surface area contributed by atoms with Crippen molar-refractivity contribution in [2.24, 2.45) is 5.92 Å². The maximum Gasteiger partial charge on any atom is 0.416 e. The van der Waals surface area contributed by atoms with E-state index in [0.29, 0.717) is 6.61 Å². The van der Waals surface area contributed by atoms with Gasteiger partial charge in [0.1, 0.15) is 0 Å². The van der Waals surface area contributed by atoms with Crippen molar-refractivity contribution in [2.75, 3.05) is 6.61 Å². The topological polar surface area (TPSA) is 18.5 Å². The van der Waals surface area contributed by atoms with Crippen LogP contribution in [0.5, 0.6) is 0 Å². The van der Waals surface area contributed by atoms with E-state index in [1.165, 1.54) is 22.5 Å². The highest BCUT2D eigenvalue weighted by atomic mass is 28.4. The highest BCUT2D eigenvalue weighted by Gasteiger charge is 2.51. The van der Waals surface area contributed by atoms with Crippen molar-refractivity contribution >= 4 is 18.7 Å². The van der Waals surface area contributed by atoms with E-state index in [1.54, 1.807) is 0 Å². The normalized spacial score (nSPS) is 21.3. The summed E-state index contributed by atoms with van der Waals surface area (Å²) in [5.41, 5.74) is 0.136. The van der Waals surface area contributed by atoms with Gasteiger partial charge >= 0.3 is 6.18 Å². The Morgan fingerprint density at radius 2 is 1.34 bits per heavy atom. The molecule has 1 aliphatic heterocycles. The van der Waals surface area contributed by atoms with E-state index in [0.717, 1.165) is 24.1 Å². The van der Waals surface area contributed by atoms with Crippen molar-refractivity contribution in [3.05, 3.63) is 96.1 Å². The first-order valence-electron chi connectivity index (χ1n) is 12.1. The van der Waals surface area contributed by atoms with Gasteiger partial charge in [-0.3, -0.25) is 0 Å². The minimum absolute atomic E-state index is 0.126. The molecule has 1 heterocycles. The van der Waals surface area contributed by atoms with Gasteiger partial charge in [0, 0.05) is 0 Å². The molecule has 0 unspecified atom stereocenters. The summed E-state index contributed by atoms with van der Waals surface area (Å²) in [4.78, 5) is 0. The molecular weight excluding hydrogens is 465 g/mol. The Labute approximate surface area is 207 Å². The Kier molecular flexibility index (Phi) is 7.27. The van der Waals surface area contributed by atoms with E-state index in [4.69, 9.17) is 9.16 Å². The zero-order valence-corrected chi connectivity index (χ0v) is 21.7. The fraction of sp³-hybridized carbons (Fsp3) is 0.379. The third-order valence-corrected chi connectivity index (χ3v) is 12.0. The van der Waals surface area contributed by atoms with Gasteiger partial charge in [-0.25, -0.2) is 0 Å². The molecule has 3 aromatic rings. The van der Waals surface area contributed by atoms with Crippen molar-refractivity contribution < 1.29 is 22.3 Å². The second kappa shape index (κ2) is 9.92. The van der Waals surface area contributed by atoms with Crippen LogP contribution in [0.1, 0.15) is 51.3 Å². The second-order valence-corrected chi connectivity index (χ2v) is 14.8. The van der Waals surface area contributed by atoms with Crippen molar-refractivity contribution in [1.29, 1.82) is 0 Å². The van der Waals surface area contributed by atoms with Crippen LogP contribution in [-0.2, 0) is 15.3 Å². The van der Waals surface area contributed by atoms with Crippen molar-refractivity contribution in [1.82, 2.24) is 0 Å². The summed E-state index contributed by atoms with van der Waals surface area (Å²) in [5, 5.41) is 2.29. The summed E-state index contributed by atoms with van der Waals surface area (Å²) in [5.74, 6) is 0.180. The number of alkyl halides is 3.